The summed E-state index contributed by atoms with van der Waals surface area (Å²) in [6.07, 6.45) is 2.44. The number of nitrogens with zero attached hydrogens (tertiary/aromatic N) is 5. The molecule has 7 heteroatoms. The topological polar surface area (TPSA) is 80.0 Å². The first-order valence-electron chi connectivity index (χ1n) is 5.92. The van der Waals surface area contributed by atoms with Crippen LogP contribution in [0.5, 0.6) is 0 Å². The summed E-state index contributed by atoms with van der Waals surface area (Å²) in [6, 6.07) is 3.77. The van der Waals surface area contributed by atoms with Crippen LogP contribution in [0.4, 0.5) is 5.82 Å². The van der Waals surface area contributed by atoms with E-state index in [-0.39, 0.29) is 0 Å². The fourth-order valence-electron chi connectivity index (χ4n) is 2.08. The van der Waals surface area contributed by atoms with Crippen LogP contribution in [0.1, 0.15) is 12.8 Å². The lowest BCUT2D eigenvalue weighted by Crippen LogP contribution is -2.31. The number of hydrogen-bond donors (Lipinski definition) is 2. The lowest BCUT2D eigenvalue weighted by atomic mass is 9.98. The van der Waals surface area contributed by atoms with Gasteiger partial charge in [-0.1, -0.05) is 0 Å². The Labute approximate surface area is 98.6 Å². The van der Waals surface area contributed by atoms with Gasteiger partial charge in [0.1, 0.15) is 5.82 Å². The Morgan fingerprint density at radius 2 is 2.24 bits per heavy atom. The quantitative estimate of drug-likeness (QED) is 0.772. The van der Waals surface area contributed by atoms with E-state index in [1.807, 2.05) is 12.1 Å². The van der Waals surface area contributed by atoms with E-state index in [0.29, 0.717) is 5.65 Å². The van der Waals surface area contributed by atoms with Gasteiger partial charge in [-0.15, -0.1) is 14.8 Å². The third-order valence-corrected chi connectivity index (χ3v) is 3.10. The number of hydrogen-bond acceptors (Lipinski definition) is 6. The minimum absolute atomic E-state index is 0.664. The largest absolute Gasteiger partial charge is 0.368 e. The molecule has 0 saturated carbocycles. The van der Waals surface area contributed by atoms with Crippen molar-refractivity contribution < 1.29 is 0 Å². The zero-order chi connectivity index (χ0) is 11.5. The molecule has 7 nitrogen and oxygen atoms in total. The van der Waals surface area contributed by atoms with Crippen molar-refractivity contribution in [2.24, 2.45) is 5.92 Å². The van der Waals surface area contributed by atoms with Crippen molar-refractivity contribution in [2.45, 2.75) is 12.8 Å². The number of piperidine rings is 1. The molecule has 0 atom stereocenters. The van der Waals surface area contributed by atoms with Crippen LogP contribution >= 0.6 is 0 Å². The molecule has 3 heterocycles. The third kappa shape index (κ3) is 2.33. The van der Waals surface area contributed by atoms with E-state index in [1.165, 1.54) is 17.5 Å². The standard InChI is InChI=1S/C10H15N7/c1-2-10-13-15-16-17(10)14-9(1)12-7-8-3-5-11-6-4-8/h1-2,8,11H,3-7H2,(H,12,14). The van der Waals surface area contributed by atoms with Gasteiger partial charge >= 0.3 is 0 Å². The van der Waals surface area contributed by atoms with Gasteiger partial charge in [-0.05, 0) is 54.4 Å². The Balaban J connectivity index is 1.63. The van der Waals surface area contributed by atoms with Crippen LogP contribution in [-0.2, 0) is 0 Å². The van der Waals surface area contributed by atoms with Crippen molar-refractivity contribution in [3.05, 3.63) is 12.1 Å². The maximum absolute atomic E-state index is 4.27. The van der Waals surface area contributed by atoms with Crippen molar-refractivity contribution in [2.75, 3.05) is 25.0 Å². The van der Waals surface area contributed by atoms with Gasteiger partial charge in [0, 0.05) is 6.54 Å². The molecule has 1 fully saturated rings. The maximum atomic E-state index is 4.27. The first kappa shape index (κ1) is 10.4. The van der Waals surface area contributed by atoms with Gasteiger partial charge in [0.25, 0.3) is 0 Å². The van der Waals surface area contributed by atoms with E-state index in [4.69, 9.17) is 0 Å². The molecule has 1 saturated heterocycles. The van der Waals surface area contributed by atoms with E-state index >= 15 is 0 Å². The summed E-state index contributed by atoms with van der Waals surface area (Å²) in [5.74, 6) is 1.55. The number of aromatic nitrogens is 5. The normalized spacial score (nSPS) is 17.4. The van der Waals surface area contributed by atoms with E-state index in [2.05, 4.69) is 31.3 Å². The highest BCUT2D eigenvalue weighted by molar-refractivity contribution is 5.42. The van der Waals surface area contributed by atoms with Crippen LogP contribution in [-0.4, -0.2) is 44.9 Å². The second kappa shape index (κ2) is 4.62. The van der Waals surface area contributed by atoms with Crippen molar-refractivity contribution >= 4 is 11.5 Å². The summed E-state index contributed by atoms with van der Waals surface area (Å²) >= 11 is 0. The Bertz CT molecular complexity index is 488. The van der Waals surface area contributed by atoms with E-state index in [1.54, 1.807) is 0 Å². The van der Waals surface area contributed by atoms with E-state index in [0.717, 1.165) is 31.4 Å². The molecule has 3 rings (SSSR count). The SMILES string of the molecule is c1cc2nnnn2nc1NCC1CCNCC1. The van der Waals surface area contributed by atoms with Gasteiger partial charge < -0.3 is 10.6 Å². The molecule has 0 amide bonds. The first-order valence-corrected chi connectivity index (χ1v) is 5.92. The summed E-state index contributed by atoms with van der Waals surface area (Å²) < 4.78 is 1.44. The molecule has 0 aromatic carbocycles. The molecule has 0 aliphatic carbocycles. The van der Waals surface area contributed by atoms with E-state index in [9.17, 15) is 0 Å². The molecule has 1 aliphatic heterocycles. The van der Waals surface area contributed by atoms with Gasteiger partial charge in [-0.2, -0.15) is 0 Å². The molecule has 0 unspecified atom stereocenters. The number of nitrogens with one attached hydrogen (secondary N) is 2. The molecular weight excluding hydrogens is 218 g/mol. The van der Waals surface area contributed by atoms with Crippen molar-refractivity contribution in [3.8, 4) is 0 Å². The van der Waals surface area contributed by atoms with Crippen molar-refractivity contribution in [1.29, 1.82) is 0 Å². The minimum Gasteiger partial charge on any atom is -0.368 e. The summed E-state index contributed by atoms with van der Waals surface area (Å²) in [4.78, 5) is 0. The summed E-state index contributed by atoms with van der Waals surface area (Å²) in [5, 5.41) is 22.1. The zero-order valence-corrected chi connectivity index (χ0v) is 9.50. The van der Waals surface area contributed by atoms with E-state index < -0.39 is 0 Å². The molecule has 1 aliphatic rings. The van der Waals surface area contributed by atoms with Gasteiger partial charge in [0.15, 0.2) is 5.65 Å². The molecule has 0 radical (unpaired) electrons. The number of tetrazole rings is 1. The molecular formula is C10H15N7. The Kier molecular flexibility index (Phi) is 2.83. The van der Waals surface area contributed by atoms with Crippen LogP contribution in [0.15, 0.2) is 12.1 Å². The molecule has 2 aromatic rings. The number of fused-ring (bicyclic) bond motifs is 1. The molecule has 0 bridgehead atoms. The molecule has 2 N–H and O–H groups in total. The third-order valence-electron chi connectivity index (χ3n) is 3.10. The molecule has 17 heavy (non-hydrogen) atoms. The number of anilines is 1. The second-order valence-electron chi connectivity index (χ2n) is 4.32. The van der Waals surface area contributed by atoms with Crippen molar-refractivity contribution in [3.63, 3.8) is 0 Å². The minimum atomic E-state index is 0.664. The highest BCUT2D eigenvalue weighted by atomic mass is 15.6. The second-order valence-corrected chi connectivity index (χ2v) is 4.32. The Morgan fingerprint density at radius 1 is 1.35 bits per heavy atom. The van der Waals surface area contributed by atoms with Crippen LogP contribution in [0, 0.1) is 5.92 Å². The van der Waals surface area contributed by atoms with Gasteiger partial charge in [0.2, 0.25) is 0 Å². The van der Waals surface area contributed by atoms with Gasteiger partial charge in [-0.25, -0.2) is 0 Å². The Morgan fingerprint density at radius 3 is 3.12 bits per heavy atom. The predicted molar refractivity (Wildman–Crippen MR) is 62.7 cm³/mol. The van der Waals surface area contributed by atoms with Crippen LogP contribution < -0.4 is 10.6 Å². The molecule has 2 aromatic heterocycles. The smallest absolute Gasteiger partial charge is 0.200 e. The van der Waals surface area contributed by atoms with Crippen molar-refractivity contribution in [1.82, 2.24) is 30.6 Å². The predicted octanol–water partition coefficient (Wildman–Crippen LogP) is -0.0692. The van der Waals surface area contributed by atoms with Gasteiger partial charge in [0.05, 0.1) is 0 Å². The monoisotopic (exact) mass is 233 g/mol. The average molecular weight is 233 g/mol. The highest BCUT2D eigenvalue weighted by Crippen LogP contribution is 2.12. The summed E-state index contributed by atoms with van der Waals surface area (Å²) in [5.41, 5.74) is 0.664. The summed E-state index contributed by atoms with van der Waals surface area (Å²) in [6.45, 7) is 3.19. The lowest BCUT2D eigenvalue weighted by molar-refractivity contribution is 0.389. The van der Waals surface area contributed by atoms with Crippen LogP contribution in [0.3, 0.4) is 0 Å². The van der Waals surface area contributed by atoms with Crippen LogP contribution in [0.2, 0.25) is 0 Å². The maximum Gasteiger partial charge on any atom is 0.200 e. The first-order chi connectivity index (χ1) is 8.42. The van der Waals surface area contributed by atoms with Gasteiger partial charge in [-0.3, -0.25) is 0 Å². The lowest BCUT2D eigenvalue weighted by Gasteiger charge is -2.22. The number of rotatable bonds is 3. The Hall–Kier alpha value is -1.76. The fourth-order valence-corrected chi connectivity index (χ4v) is 2.08. The average Bonchev–Trinajstić information content (AvgIpc) is 2.85. The van der Waals surface area contributed by atoms with Crippen LogP contribution in [0.25, 0.3) is 5.65 Å². The zero-order valence-electron chi connectivity index (χ0n) is 9.50. The summed E-state index contributed by atoms with van der Waals surface area (Å²) in [7, 11) is 0. The molecule has 0 spiro atoms. The fraction of sp³-hybridized carbons (Fsp3) is 0.600. The molecule has 90 valence electrons. The highest BCUT2D eigenvalue weighted by Gasteiger charge is 2.12.